The van der Waals surface area contributed by atoms with Gasteiger partial charge in [-0.15, -0.1) is 0 Å². The van der Waals surface area contributed by atoms with E-state index in [0.29, 0.717) is 12.8 Å². The van der Waals surface area contributed by atoms with Gasteiger partial charge >= 0.3 is 5.97 Å². The van der Waals surface area contributed by atoms with E-state index in [1.165, 1.54) is 0 Å². The van der Waals surface area contributed by atoms with Gasteiger partial charge in [0.25, 0.3) is 0 Å². The molecular weight excluding hydrogens is 268 g/mol. The van der Waals surface area contributed by atoms with Crippen LogP contribution in [0.5, 0.6) is 0 Å². The number of ether oxygens (including phenoxy) is 2. The number of carbonyl (C=O) groups excluding carboxylic acids is 2. The minimum absolute atomic E-state index is 0.132. The van der Waals surface area contributed by atoms with Gasteiger partial charge < -0.3 is 9.47 Å². The van der Waals surface area contributed by atoms with Crippen LogP contribution in [0.15, 0.2) is 30.3 Å². The summed E-state index contributed by atoms with van der Waals surface area (Å²) < 4.78 is 11.7. The number of Topliss-reactive ketones (excluding diaryl/α,β-unsaturated/α-hetero) is 1. The number of carbonyl (C=O) groups is 2. The highest BCUT2D eigenvalue weighted by Gasteiger charge is 2.61. The summed E-state index contributed by atoms with van der Waals surface area (Å²) in [6, 6.07) is 9.38. The predicted octanol–water partition coefficient (Wildman–Crippen LogP) is 2.81. The van der Waals surface area contributed by atoms with Crippen LogP contribution in [0.25, 0.3) is 0 Å². The maximum Gasteiger partial charge on any atom is 0.345 e. The van der Waals surface area contributed by atoms with Crippen LogP contribution in [-0.2, 0) is 24.7 Å². The van der Waals surface area contributed by atoms with Crippen molar-refractivity contribution >= 4 is 11.8 Å². The summed E-state index contributed by atoms with van der Waals surface area (Å²) >= 11 is 0. The van der Waals surface area contributed by atoms with Gasteiger partial charge in [-0.05, 0) is 5.56 Å². The summed E-state index contributed by atoms with van der Waals surface area (Å²) in [5.41, 5.74) is -0.660. The number of hydrogen-bond donors (Lipinski definition) is 0. The Balaban J connectivity index is 2.02. The fourth-order valence-corrected chi connectivity index (χ4v) is 2.93. The zero-order valence-corrected chi connectivity index (χ0v) is 12.6. The van der Waals surface area contributed by atoms with Gasteiger partial charge in [-0.2, -0.15) is 0 Å². The van der Waals surface area contributed by atoms with E-state index in [0.717, 1.165) is 5.56 Å². The monoisotopic (exact) mass is 288 g/mol. The minimum Gasteiger partial charge on any atom is -0.433 e. The molecule has 1 aromatic rings. The Kier molecular flexibility index (Phi) is 3.17. The first-order valence-corrected chi connectivity index (χ1v) is 7.30. The van der Waals surface area contributed by atoms with Crippen molar-refractivity contribution in [3.05, 3.63) is 35.9 Å². The molecule has 2 aliphatic rings. The zero-order chi connectivity index (χ0) is 15.3. The van der Waals surface area contributed by atoms with Crippen molar-refractivity contribution in [3.8, 4) is 0 Å². The van der Waals surface area contributed by atoms with Crippen molar-refractivity contribution in [1.82, 2.24) is 0 Å². The molecule has 4 nitrogen and oxygen atoms in total. The summed E-state index contributed by atoms with van der Waals surface area (Å²) in [5.74, 6) is -0.329. The van der Waals surface area contributed by atoms with Gasteiger partial charge in [0.2, 0.25) is 6.29 Å². The Morgan fingerprint density at radius 1 is 1.10 bits per heavy atom. The lowest BCUT2D eigenvalue weighted by Crippen LogP contribution is -2.48. The molecular formula is C17H20O4. The average molecular weight is 288 g/mol. The minimum atomic E-state index is -1.13. The number of ketones is 1. The fourth-order valence-electron chi connectivity index (χ4n) is 2.93. The van der Waals surface area contributed by atoms with Gasteiger partial charge in [-0.3, -0.25) is 4.79 Å². The predicted molar refractivity (Wildman–Crippen MR) is 76.3 cm³/mol. The molecule has 1 saturated heterocycles. The second kappa shape index (κ2) is 4.67. The van der Waals surface area contributed by atoms with Crippen LogP contribution in [0.2, 0.25) is 0 Å². The van der Waals surface area contributed by atoms with Gasteiger partial charge in [0.1, 0.15) is 5.78 Å². The second-order valence-electron chi connectivity index (χ2n) is 6.97. The molecule has 2 fully saturated rings. The van der Waals surface area contributed by atoms with Crippen LogP contribution < -0.4 is 0 Å². The Labute approximate surface area is 124 Å². The first kappa shape index (κ1) is 14.3. The van der Waals surface area contributed by atoms with Crippen molar-refractivity contribution in [3.63, 3.8) is 0 Å². The number of hydrogen-bond acceptors (Lipinski definition) is 4. The number of rotatable bonds is 2. The van der Waals surface area contributed by atoms with Crippen LogP contribution in [0.3, 0.4) is 0 Å². The average Bonchev–Trinajstić information content (AvgIpc) is 2.75. The van der Waals surface area contributed by atoms with E-state index in [1.54, 1.807) is 0 Å². The Morgan fingerprint density at radius 2 is 1.71 bits per heavy atom. The van der Waals surface area contributed by atoms with Crippen molar-refractivity contribution in [1.29, 1.82) is 0 Å². The molecule has 0 bridgehead atoms. The molecule has 112 valence electrons. The van der Waals surface area contributed by atoms with Crippen LogP contribution in [0, 0.1) is 11.3 Å². The lowest BCUT2D eigenvalue weighted by atomic mass is 9.69. The quantitative estimate of drug-likeness (QED) is 0.785. The highest BCUT2D eigenvalue weighted by atomic mass is 16.8. The van der Waals surface area contributed by atoms with Crippen molar-refractivity contribution in [2.45, 2.75) is 45.5 Å². The first-order valence-electron chi connectivity index (χ1n) is 7.30. The molecule has 2 unspecified atom stereocenters. The topological polar surface area (TPSA) is 52.6 Å². The Bertz CT molecular complexity index is 564. The first-order chi connectivity index (χ1) is 9.84. The molecule has 1 heterocycles. The molecule has 2 atom stereocenters. The molecule has 0 spiro atoms. The molecule has 1 aliphatic heterocycles. The highest BCUT2D eigenvalue weighted by Crippen LogP contribution is 2.50. The fraction of sp³-hybridized carbons (Fsp3) is 0.529. The molecule has 1 aromatic carbocycles. The molecule has 1 saturated carbocycles. The zero-order valence-electron chi connectivity index (χ0n) is 12.6. The molecule has 0 N–H and O–H groups in total. The van der Waals surface area contributed by atoms with Gasteiger partial charge in [-0.25, -0.2) is 4.79 Å². The van der Waals surface area contributed by atoms with Crippen LogP contribution in [0.1, 0.15) is 39.2 Å². The number of benzene rings is 1. The Morgan fingerprint density at radius 3 is 2.19 bits per heavy atom. The Hall–Kier alpha value is -1.68. The molecule has 1 aliphatic carbocycles. The van der Waals surface area contributed by atoms with Crippen molar-refractivity contribution in [2.24, 2.45) is 11.3 Å². The highest BCUT2D eigenvalue weighted by molar-refractivity contribution is 5.91. The lowest BCUT2D eigenvalue weighted by Gasteiger charge is -2.38. The largest absolute Gasteiger partial charge is 0.433 e. The molecule has 0 amide bonds. The number of cyclic esters (lactones) is 1. The van der Waals surface area contributed by atoms with E-state index < -0.39 is 11.9 Å². The van der Waals surface area contributed by atoms with E-state index in [4.69, 9.17) is 9.47 Å². The van der Waals surface area contributed by atoms with Gasteiger partial charge in [0.05, 0.1) is 0 Å². The number of esters is 1. The SMILES string of the molecule is CC(C)(C)C1OC(=O)C(c2ccccc2)(C2CC(=O)C2)O1. The van der Waals surface area contributed by atoms with Crippen LogP contribution in [0.4, 0.5) is 0 Å². The normalized spacial score (nSPS) is 30.1. The summed E-state index contributed by atoms with van der Waals surface area (Å²) in [7, 11) is 0. The smallest absolute Gasteiger partial charge is 0.345 e. The second-order valence-corrected chi connectivity index (χ2v) is 6.97. The van der Waals surface area contributed by atoms with E-state index in [-0.39, 0.29) is 23.1 Å². The molecule has 21 heavy (non-hydrogen) atoms. The van der Waals surface area contributed by atoms with Crippen LogP contribution >= 0.6 is 0 Å². The van der Waals surface area contributed by atoms with Crippen molar-refractivity contribution in [2.75, 3.05) is 0 Å². The third kappa shape index (κ3) is 2.18. The standard InChI is InChI=1S/C17H20O4/c1-16(2,3)15-20-14(19)17(21-15,12-9-13(18)10-12)11-7-5-4-6-8-11/h4-8,12,15H,9-10H2,1-3H3. The molecule has 0 aromatic heterocycles. The summed E-state index contributed by atoms with van der Waals surface area (Å²) in [6.45, 7) is 5.91. The van der Waals surface area contributed by atoms with Gasteiger partial charge in [0, 0.05) is 24.2 Å². The van der Waals surface area contributed by atoms with E-state index in [2.05, 4.69) is 0 Å². The maximum atomic E-state index is 12.6. The lowest BCUT2D eigenvalue weighted by molar-refractivity contribution is -0.173. The van der Waals surface area contributed by atoms with Crippen LogP contribution in [-0.4, -0.2) is 18.0 Å². The molecule has 0 radical (unpaired) electrons. The van der Waals surface area contributed by atoms with E-state index >= 15 is 0 Å². The summed E-state index contributed by atoms with van der Waals surface area (Å²) in [5, 5.41) is 0. The van der Waals surface area contributed by atoms with Gasteiger partial charge in [0.15, 0.2) is 5.60 Å². The molecule has 3 rings (SSSR count). The maximum absolute atomic E-state index is 12.6. The summed E-state index contributed by atoms with van der Waals surface area (Å²) in [6.07, 6.45) is 0.155. The van der Waals surface area contributed by atoms with Crippen molar-refractivity contribution < 1.29 is 19.1 Å². The third-order valence-corrected chi connectivity index (χ3v) is 4.24. The molecule has 4 heteroatoms. The van der Waals surface area contributed by atoms with Gasteiger partial charge in [-0.1, -0.05) is 51.1 Å². The van der Waals surface area contributed by atoms with E-state index in [9.17, 15) is 9.59 Å². The third-order valence-electron chi connectivity index (χ3n) is 4.24. The van der Waals surface area contributed by atoms with E-state index in [1.807, 2.05) is 51.1 Å². The summed E-state index contributed by atoms with van der Waals surface area (Å²) in [4.78, 5) is 24.1.